The van der Waals surface area contributed by atoms with E-state index in [4.69, 9.17) is 9.52 Å². The molecule has 3 fully saturated rings. The van der Waals surface area contributed by atoms with Gasteiger partial charge < -0.3 is 14.7 Å². The fourth-order valence-electron chi connectivity index (χ4n) is 3.87. The summed E-state index contributed by atoms with van der Waals surface area (Å²) in [5.74, 6) is 2.06. The molecule has 0 radical (unpaired) electrons. The van der Waals surface area contributed by atoms with Crippen LogP contribution in [-0.2, 0) is 6.54 Å². The molecule has 1 aromatic rings. The van der Waals surface area contributed by atoms with Crippen molar-refractivity contribution in [1.82, 2.24) is 25.2 Å². The van der Waals surface area contributed by atoms with E-state index >= 15 is 0 Å². The van der Waals surface area contributed by atoms with E-state index in [0.29, 0.717) is 0 Å². The molecule has 0 spiro atoms. The van der Waals surface area contributed by atoms with Crippen LogP contribution >= 0.6 is 0 Å². The average Bonchev–Trinajstić information content (AvgIpc) is 3.61. The van der Waals surface area contributed by atoms with Gasteiger partial charge in [-0.05, 0) is 38.5 Å². The van der Waals surface area contributed by atoms with Gasteiger partial charge in [0.05, 0.1) is 12.2 Å². The van der Waals surface area contributed by atoms with Crippen LogP contribution in [0.1, 0.15) is 38.3 Å². The van der Waals surface area contributed by atoms with E-state index in [1.165, 1.54) is 32.2 Å². The van der Waals surface area contributed by atoms with E-state index in [-0.39, 0.29) is 0 Å². The zero-order valence-electron chi connectivity index (χ0n) is 16.6. The van der Waals surface area contributed by atoms with Crippen molar-refractivity contribution in [1.29, 1.82) is 0 Å². The second-order valence-corrected chi connectivity index (χ2v) is 8.16. The molecule has 27 heavy (non-hydrogen) atoms. The molecule has 0 aromatic carbocycles. The Labute approximate surface area is 162 Å². The van der Waals surface area contributed by atoms with Gasteiger partial charge in [-0.3, -0.25) is 14.8 Å². The molecule has 0 bridgehead atoms. The second-order valence-electron chi connectivity index (χ2n) is 8.16. The number of rotatable bonds is 9. The van der Waals surface area contributed by atoms with Crippen LogP contribution in [0.15, 0.2) is 21.8 Å². The SMILES string of the molecule is CCNC(=NCCN(CC1CC1)C1CC1)N1CCN(Cc2ccon2)CC1. The average molecular weight is 375 g/mol. The first-order chi connectivity index (χ1) is 13.3. The standard InChI is InChI=1S/C20H34N6O/c1-2-21-20(22-8-9-26(19-5-6-19)15-17-3-4-17)25-12-10-24(11-13-25)16-18-7-14-27-23-18/h7,14,17,19H,2-6,8-13,15-16H2,1H3,(H,21,22). The zero-order chi connectivity index (χ0) is 18.5. The Bertz CT molecular complexity index is 588. The first kappa shape index (κ1) is 18.7. The smallest absolute Gasteiger partial charge is 0.194 e. The lowest BCUT2D eigenvalue weighted by Gasteiger charge is -2.36. The lowest BCUT2D eigenvalue weighted by atomic mass is 10.3. The van der Waals surface area contributed by atoms with Crippen molar-refractivity contribution in [2.45, 2.75) is 45.2 Å². The molecule has 7 nitrogen and oxygen atoms in total. The molecule has 0 atom stereocenters. The van der Waals surface area contributed by atoms with Gasteiger partial charge in [-0.2, -0.15) is 0 Å². The maximum Gasteiger partial charge on any atom is 0.194 e. The highest BCUT2D eigenvalue weighted by Gasteiger charge is 2.33. The number of piperazine rings is 1. The van der Waals surface area contributed by atoms with Gasteiger partial charge in [0.25, 0.3) is 0 Å². The molecule has 7 heteroatoms. The van der Waals surface area contributed by atoms with Crippen molar-refractivity contribution < 1.29 is 4.52 Å². The Morgan fingerprint density at radius 3 is 2.70 bits per heavy atom. The molecule has 3 aliphatic rings. The molecule has 0 unspecified atom stereocenters. The molecule has 4 rings (SSSR count). The maximum absolute atomic E-state index is 4.96. The van der Waals surface area contributed by atoms with Crippen LogP contribution in [0.2, 0.25) is 0 Å². The monoisotopic (exact) mass is 374 g/mol. The summed E-state index contributed by atoms with van der Waals surface area (Å²) in [6.07, 6.45) is 7.31. The minimum absolute atomic E-state index is 0.850. The molecule has 150 valence electrons. The van der Waals surface area contributed by atoms with Crippen LogP contribution in [0.4, 0.5) is 0 Å². The zero-order valence-corrected chi connectivity index (χ0v) is 16.6. The molecular weight excluding hydrogens is 340 g/mol. The molecule has 1 N–H and O–H groups in total. The summed E-state index contributed by atoms with van der Waals surface area (Å²) >= 11 is 0. The number of aliphatic imine (C=N–C) groups is 1. The van der Waals surface area contributed by atoms with Gasteiger partial charge >= 0.3 is 0 Å². The highest BCUT2D eigenvalue weighted by molar-refractivity contribution is 5.80. The quantitative estimate of drug-likeness (QED) is 0.524. The van der Waals surface area contributed by atoms with Crippen LogP contribution in [0.25, 0.3) is 0 Å². The summed E-state index contributed by atoms with van der Waals surface area (Å²) in [5.41, 5.74) is 1.01. The van der Waals surface area contributed by atoms with Crippen LogP contribution in [0.3, 0.4) is 0 Å². The number of nitrogens with one attached hydrogen (secondary N) is 1. The van der Waals surface area contributed by atoms with Gasteiger partial charge in [0, 0.05) is 64.5 Å². The molecule has 0 amide bonds. The van der Waals surface area contributed by atoms with E-state index in [1.54, 1.807) is 6.26 Å². The lowest BCUT2D eigenvalue weighted by molar-refractivity contribution is 0.169. The molecule has 2 aliphatic carbocycles. The van der Waals surface area contributed by atoms with Crippen LogP contribution < -0.4 is 5.32 Å². The summed E-state index contributed by atoms with van der Waals surface area (Å²) in [6.45, 7) is 11.4. The van der Waals surface area contributed by atoms with Gasteiger partial charge in [-0.1, -0.05) is 5.16 Å². The minimum atomic E-state index is 0.850. The highest BCUT2D eigenvalue weighted by Crippen LogP contribution is 2.34. The number of hydrogen-bond acceptors (Lipinski definition) is 5. The summed E-state index contributed by atoms with van der Waals surface area (Å²) in [6, 6.07) is 2.80. The largest absolute Gasteiger partial charge is 0.364 e. The molecule has 1 aliphatic heterocycles. The van der Waals surface area contributed by atoms with Gasteiger partial charge in [0.2, 0.25) is 0 Å². The van der Waals surface area contributed by atoms with Gasteiger partial charge in [-0.25, -0.2) is 0 Å². The van der Waals surface area contributed by atoms with Crippen molar-refractivity contribution in [2.75, 3.05) is 52.4 Å². The van der Waals surface area contributed by atoms with Crippen molar-refractivity contribution in [2.24, 2.45) is 10.9 Å². The Hall–Kier alpha value is -1.60. The van der Waals surface area contributed by atoms with Crippen molar-refractivity contribution in [3.05, 3.63) is 18.0 Å². The summed E-state index contributed by atoms with van der Waals surface area (Å²) < 4.78 is 4.94. The van der Waals surface area contributed by atoms with E-state index in [0.717, 1.165) is 76.0 Å². The Kier molecular flexibility index (Phi) is 6.29. The minimum Gasteiger partial charge on any atom is -0.364 e. The second kappa shape index (κ2) is 9.06. The third-order valence-corrected chi connectivity index (χ3v) is 5.79. The van der Waals surface area contributed by atoms with E-state index in [2.05, 4.69) is 32.1 Å². The Morgan fingerprint density at radius 1 is 1.26 bits per heavy atom. The first-order valence-electron chi connectivity index (χ1n) is 10.7. The molecule has 1 saturated heterocycles. The van der Waals surface area contributed by atoms with Gasteiger partial charge in [-0.15, -0.1) is 0 Å². The topological polar surface area (TPSA) is 60.1 Å². The Morgan fingerprint density at radius 2 is 2.07 bits per heavy atom. The van der Waals surface area contributed by atoms with E-state index < -0.39 is 0 Å². The van der Waals surface area contributed by atoms with Gasteiger partial charge in [0.1, 0.15) is 6.26 Å². The number of aromatic nitrogens is 1. The van der Waals surface area contributed by atoms with Gasteiger partial charge in [0.15, 0.2) is 5.96 Å². The fourth-order valence-corrected chi connectivity index (χ4v) is 3.87. The Balaban J connectivity index is 1.24. The maximum atomic E-state index is 4.96. The van der Waals surface area contributed by atoms with Crippen molar-refractivity contribution >= 4 is 5.96 Å². The number of nitrogens with zero attached hydrogens (tertiary/aromatic N) is 5. The molecule has 1 aromatic heterocycles. The first-order valence-corrected chi connectivity index (χ1v) is 10.7. The molecule has 2 saturated carbocycles. The van der Waals surface area contributed by atoms with Crippen LogP contribution in [0.5, 0.6) is 0 Å². The predicted molar refractivity (Wildman–Crippen MR) is 107 cm³/mol. The highest BCUT2D eigenvalue weighted by atomic mass is 16.5. The third-order valence-electron chi connectivity index (χ3n) is 5.79. The molecular formula is C20H34N6O. The summed E-state index contributed by atoms with van der Waals surface area (Å²) in [7, 11) is 0. The summed E-state index contributed by atoms with van der Waals surface area (Å²) in [5, 5.41) is 7.52. The third kappa shape index (κ3) is 5.69. The fraction of sp³-hybridized carbons (Fsp3) is 0.800. The van der Waals surface area contributed by atoms with E-state index in [9.17, 15) is 0 Å². The number of guanidine groups is 1. The lowest BCUT2D eigenvalue weighted by Crippen LogP contribution is -2.52. The van der Waals surface area contributed by atoms with Crippen molar-refractivity contribution in [3.8, 4) is 0 Å². The normalized spacial score (nSPS) is 21.9. The van der Waals surface area contributed by atoms with Crippen LogP contribution in [-0.4, -0.2) is 84.2 Å². The molecule has 2 heterocycles. The summed E-state index contributed by atoms with van der Waals surface area (Å²) in [4.78, 5) is 12.5. The van der Waals surface area contributed by atoms with E-state index in [1.807, 2.05) is 6.07 Å². The van der Waals surface area contributed by atoms with Crippen LogP contribution in [0, 0.1) is 5.92 Å². The van der Waals surface area contributed by atoms with Crippen molar-refractivity contribution in [3.63, 3.8) is 0 Å². The number of hydrogen-bond donors (Lipinski definition) is 1. The predicted octanol–water partition coefficient (Wildman–Crippen LogP) is 1.63.